The number of hydrogen-bond acceptors (Lipinski definition) is 3. The van der Waals surface area contributed by atoms with Gasteiger partial charge < -0.3 is 14.6 Å². The highest BCUT2D eigenvalue weighted by Crippen LogP contribution is 2.28. The number of benzene rings is 1. The number of rotatable bonds is 2. The molecule has 0 radical (unpaired) electrons. The predicted octanol–water partition coefficient (Wildman–Crippen LogP) is 3.58. The highest BCUT2D eigenvalue weighted by molar-refractivity contribution is 5.92. The van der Waals surface area contributed by atoms with Gasteiger partial charge in [-0.15, -0.1) is 12.4 Å². The number of amides is 1. The summed E-state index contributed by atoms with van der Waals surface area (Å²) in [5.74, 6) is 2.00. The quantitative estimate of drug-likeness (QED) is 0.886. The number of carbonyl (C=O) groups is 1. The first-order chi connectivity index (χ1) is 11.7. The van der Waals surface area contributed by atoms with Crippen molar-refractivity contribution in [3.63, 3.8) is 0 Å². The topological polar surface area (TPSA) is 45.5 Å². The number of hydrogen-bond donors (Lipinski definition) is 1. The van der Waals surface area contributed by atoms with E-state index in [9.17, 15) is 9.18 Å². The van der Waals surface area contributed by atoms with Crippen LogP contribution in [-0.2, 0) is 0 Å². The molecule has 0 aliphatic carbocycles. The Labute approximate surface area is 152 Å². The molecule has 2 atom stereocenters. The molecule has 2 aliphatic rings. The van der Waals surface area contributed by atoms with Crippen LogP contribution in [0.15, 0.2) is 40.8 Å². The van der Waals surface area contributed by atoms with Gasteiger partial charge in [-0.1, -0.05) is 0 Å². The lowest BCUT2D eigenvalue weighted by Crippen LogP contribution is -2.32. The molecule has 1 aromatic heterocycles. The van der Waals surface area contributed by atoms with Gasteiger partial charge in [-0.25, -0.2) is 4.39 Å². The Hall–Kier alpha value is -1.85. The summed E-state index contributed by atoms with van der Waals surface area (Å²) in [5.41, 5.74) is 0.770. The molecule has 2 fully saturated rings. The Balaban J connectivity index is 0.00000182. The van der Waals surface area contributed by atoms with Crippen LogP contribution in [0.5, 0.6) is 0 Å². The van der Waals surface area contributed by atoms with Crippen molar-refractivity contribution in [1.82, 2.24) is 10.2 Å². The van der Waals surface area contributed by atoms with Crippen molar-refractivity contribution in [3.8, 4) is 11.3 Å². The van der Waals surface area contributed by atoms with Gasteiger partial charge in [0.2, 0.25) is 0 Å². The lowest BCUT2D eigenvalue weighted by atomic mass is 9.92. The van der Waals surface area contributed by atoms with Crippen molar-refractivity contribution in [2.75, 3.05) is 26.2 Å². The van der Waals surface area contributed by atoms with Gasteiger partial charge in [0.25, 0.3) is 5.91 Å². The van der Waals surface area contributed by atoms with Crippen molar-refractivity contribution in [3.05, 3.63) is 48.0 Å². The fourth-order valence-corrected chi connectivity index (χ4v) is 3.80. The molecule has 4 rings (SSSR count). The first-order valence-electron chi connectivity index (χ1n) is 8.56. The molecule has 1 aromatic carbocycles. The minimum absolute atomic E-state index is 0. The SMILES string of the molecule is Cl.O=C(c1ccc(-c2ccc(F)cc2)o1)N1CC[C@@H]2CNC[C@@H]2CC1. The summed E-state index contributed by atoms with van der Waals surface area (Å²) in [7, 11) is 0. The fourth-order valence-electron chi connectivity index (χ4n) is 3.80. The maximum atomic E-state index is 13.0. The molecular formula is C19H22ClFN2O2. The number of carbonyl (C=O) groups excluding carboxylic acids is 1. The second kappa shape index (κ2) is 7.58. The van der Waals surface area contributed by atoms with Crippen LogP contribution in [0, 0.1) is 17.7 Å². The van der Waals surface area contributed by atoms with Crippen molar-refractivity contribution in [2.45, 2.75) is 12.8 Å². The molecule has 2 saturated heterocycles. The van der Waals surface area contributed by atoms with Crippen LogP contribution in [0.3, 0.4) is 0 Å². The molecule has 0 spiro atoms. The molecular weight excluding hydrogens is 343 g/mol. The third kappa shape index (κ3) is 3.72. The van der Waals surface area contributed by atoms with Gasteiger partial charge >= 0.3 is 0 Å². The van der Waals surface area contributed by atoms with Gasteiger partial charge in [-0.2, -0.15) is 0 Å². The summed E-state index contributed by atoms with van der Waals surface area (Å²) in [6.45, 7) is 3.72. The number of halogens is 2. The number of fused-ring (bicyclic) bond motifs is 1. The molecule has 0 bridgehead atoms. The molecule has 6 heteroatoms. The van der Waals surface area contributed by atoms with Gasteiger partial charge in [0.05, 0.1) is 0 Å². The van der Waals surface area contributed by atoms with Gasteiger partial charge in [0, 0.05) is 18.7 Å². The Bertz CT molecular complexity index is 717. The van der Waals surface area contributed by atoms with Crippen molar-refractivity contribution in [2.24, 2.45) is 11.8 Å². The smallest absolute Gasteiger partial charge is 0.289 e. The zero-order chi connectivity index (χ0) is 16.5. The van der Waals surface area contributed by atoms with E-state index in [0.29, 0.717) is 23.4 Å². The van der Waals surface area contributed by atoms with E-state index < -0.39 is 0 Å². The zero-order valence-electron chi connectivity index (χ0n) is 13.9. The number of nitrogens with zero attached hydrogens (tertiary/aromatic N) is 1. The maximum Gasteiger partial charge on any atom is 0.289 e. The molecule has 1 amide bonds. The number of nitrogens with one attached hydrogen (secondary N) is 1. The monoisotopic (exact) mass is 364 g/mol. The predicted molar refractivity (Wildman–Crippen MR) is 96.3 cm³/mol. The number of likely N-dealkylation sites (tertiary alicyclic amines) is 1. The third-order valence-electron chi connectivity index (χ3n) is 5.25. The first-order valence-corrected chi connectivity index (χ1v) is 8.56. The Morgan fingerprint density at radius 1 is 1.04 bits per heavy atom. The minimum Gasteiger partial charge on any atom is -0.451 e. The standard InChI is InChI=1S/C19H21FN2O2.ClH/c20-16-3-1-13(2-4-16)17-5-6-18(24-17)19(23)22-9-7-14-11-21-12-15(14)8-10-22;/h1-6,14-15,21H,7-12H2;1H/t14-,15+;. The van der Waals surface area contributed by atoms with E-state index in [0.717, 1.165) is 44.6 Å². The molecule has 0 saturated carbocycles. The normalized spacial score (nSPS) is 22.8. The Morgan fingerprint density at radius 2 is 1.68 bits per heavy atom. The molecule has 3 heterocycles. The lowest BCUT2D eigenvalue weighted by Gasteiger charge is -2.19. The van der Waals surface area contributed by atoms with Crippen LogP contribution in [0.2, 0.25) is 0 Å². The first kappa shape index (κ1) is 18.0. The minimum atomic E-state index is -0.286. The summed E-state index contributed by atoms with van der Waals surface area (Å²) < 4.78 is 18.8. The van der Waals surface area contributed by atoms with E-state index in [-0.39, 0.29) is 24.1 Å². The third-order valence-corrected chi connectivity index (χ3v) is 5.25. The van der Waals surface area contributed by atoms with Crippen LogP contribution in [0.4, 0.5) is 4.39 Å². The van der Waals surface area contributed by atoms with Crippen molar-refractivity contribution in [1.29, 1.82) is 0 Å². The van der Waals surface area contributed by atoms with Crippen LogP contribution in [0.1, 0.15) is 23.4 Å². The van der Waals surface area contributed by atoms with Gasteiger partial charge in [0.15, 0.2) is 5.76 Å². The average molecular weight is 365 g/mol. The highest BCUT2D eigenvalue weighted by Gasteiger charge is 2.32. The fraction of sp³-hybridized carbons (Fsp3) is 0.421. The van der Waals surface area contributed by atoms with E-state index in [2.05, 4.69) is 5.32 Å². The van der Waals surface area contributed by atoms with Gasteiger partial charge in [0.1, 0.15) is 11.6 Å². The molecule has 0 unspecified atom stereocenters. The molecule has 1 N–H and O–H groups in total. The lowest BCUT2D eigenvalue weighted by molar-refractivity contribution is 0.0727. The molecule has 2 aromatic rings. The summed E-state index contributed by atoms with van der Waals surface area (Å²) >= 11 is 0. The molecule has 134 valence electrons. The van der Waals surface area contributed by atoms with E-state index in [1.165, 1.54) is 12.1 Å². The highest BCUT2D eigenvalue weighted by atomic mass is 35.5. The molecule has 4 nitrogen and oxygen atoms in total. The molecule has 25 heavy (non-hydrogen) atoms. The van der Waals surface area contributed by atoms with E-state index in [1.54, 1.807) is 24.3 Å². The summed E-state index contributed by atoms with van der Waals surface area (Å²) in [6.07, 6.45) is 2.10. The maximum absolute atomic E-state index is 13.0. The van der Waals surface area contributed by atoms with Crippen LogP contribution in [-0.4, -0.2) is 37.0 Å². The van der Waals surface area contributed by atoms with E-state index >= 15 is 0 Å². The van der Waals surface area contributed by atoms with Crippen molar-refractivity contribution >= 4 is 18.3 Å². The van der Waals surface area contributed by atoms with Crippen molar-refractivity contribution < 1.29 is 13.6 Å². The summed E-state index contributed by atoms with van der Waals surface area (Å²) in [4.78, 5) is 14.6. The Kier molecular flexibility index (Phi) is 5.45. The largest absolute Gasteiger partial charge is 0.451 e. The average Bonchev–Trinajstić information content (AvgIpc) is 3.21. The summed E-state index contributed by atoms with van der Waals surface area (Å²) in [6, 6.07) is 9.58. The van der Waals surface area contributed by atoms with Gasteiger partial charge in [-0.3, -0.25) is 4.79 Å². The van der Waals surface area contributed by atoms with Crippen LogP contribution >= 0.6 is 12.4 Å². The molecule has 2 aliphatic heterocycles. The van der Waals surface area contributed by atoms with Gasteiger partial charge in [-0.05, 0) is 74.2 Å². The zero-order valence-corrected chi connectivity index (χ0v) is 14.7. The van der Waals surface area contributed by atoms with Crippen LogP contribution < -0.4 is 5.32 Å². The second-order valence-electron chi connectivity index (χ2n) is 6.72. The Morgan fingerprint density at radius 3 is 2.32 bits per heavy atom. The summed E-state index contributed by atoms with van der Waals surface area (Å²) in [5, 5.41) is 3.44. The van der Waals surface area contributed by atoms with Crippen LogP contribution in [0.25, 0.3) is 11.3 Å². The number of furan rings is 1. The second-order valence-corrected chi connectivity index (χ2v) is 6.72. The van der Waals surface area contributed by atoms with E-state index in [4.69, 9.17) is 4.42 Å². The van der Waals surface area contributed by atoms with E-state index in [1.807, 2.05) is 4.90 Å².